The van der Waals surface area contributed by atoms with Crippen LogP contribution in [0.1, 0.15) is 20.3 Å². The van der Waals surface area contributed by atoms with E-state index in [9.17, 15) is 0 Å². The van der Waals surface area contributed by atoms with E-state index < -0.39 is 0 Å². The molecule has 2 heteroatoms. The molecule has 0 aromatic heterocycles. The molecule has 1 fully saturated rings. The minimum atomic E-state index is 0.137. The minimum absolute atomic E-state index is 0.137. The van der Waals surface area contributed by atoms with E-state index in [1.807, 2.05) is 0 Å². The zero-order valence-electron chi connectivity index (χ0n) is 5.98. The third-order valence-corrected chi connectivity index (χ3v) is 2.62. The van der Waals surface area contributed by atoms with E-state index in [2.05, 4.69) is 29.8 Å². The molecule has 0 radical (unpaired) electrons. The maximum absolute atomic E-state index is 5.51. The molecule has 0 aromatic rings. The van der Waals surface area contributed by atoms with Gasteiger partial charge in [0.1, 0.15) is 0 Å². The summed E-state index contributed by atoms with van der Waals surface area (Å²) in [6.45, 7) is 5.23. The van der Waals surface area contributed by atoms with Gasteiger partial charge in [0.25, 0.3) is 0 Å². The summed E-state index contributed by atoms with van der Waals surface area (Å²) in [5.74, 6) is 0.736. The van der Waals surface area contributed by atoms with Crippen LogP contribution >= 0.6 is 15.9 Å². The molecule has 1 aliphatic rings. The van der Waals surface area contributed by atoms with Gasteiger partial charge in [-0.25, -0.2) is 0 Å². The van der Waals surface area contributed by atoms with Gasteiger partial charge in [-0.2, -0.15) is 0 Å². The molecule has 1 heterocycles. The summed E-state index contributed by atoms with van der Waals surface area (Å²) in [6.07, 6.45) is 1.19. The predicted molar refractivity (Wildman–Crippen MR) is 41.9 cm³/mol. The standard InChI is InChI=1S/C7H13BrO/c1-7(2)3-6(4-8)5-9-7/h6H,3-5H2,1-2H3. The smallest absolute Gasteiger partial charge is 0.0630 e. The van der Waals surface area contributed by atoms with E-state index in [1.54, 1.807) is 0 Å². The highest BCUT2D eigenvalue weighted by Gasteiger charge is 2.30. The lowest BCUT2D eigenvalue weighted by Gasteiger charge is -2.15. The fourth-order valence-corrected chi connectivity index (χ4v) is 1.67. The highest BCUT2D eigenvalue weighted by Crippen LogP contribution is 2.29. The molecule has 1 atom stereocenters. The van der Waals surface area contributed by atoms with Gasteiger partial charge in [0.15, 0.2) is 0 Å². The first-order valence-corrected chi connectivity index (χ1v) is 4.46. The van der Waals surface area contributed by atoms with Crippen LogP contribution in [-0.4, -0.2) is 17.5 Å². The first-order valence-electron chi connectivity index (χ1n) is 3.34. The van der Waals surface area contributed by atoms with Gasteiger partial charge in [0, 0.05) is 5.33 Å². The van der Waals surface area contributed by atoms with Crippen molar-refractivity contribution in [3.8, 4) is 0 Å². The van der Waals surface area contributed by atoms with Crippen LogP contribution in [0.2, 0.25) is 0 Å². The molecule has 1 nitrogen and oxygen atoms in total. The van der Waals surface area contributed by atoms with Crippen molar-refractivity contribution in [3.05, 3.63) is 0 Å². The Balaban J connectivity index is 2.38. The van der Waals surface area contributed by atoms with Crippen LogP contribution < -0.4 is 0 Å². The number of hydrogen-bond donors (Lipinski definition) is 0. The summed E-state index contributed by atoms with van der Waals surface area (Å²) >= 11 is 3.45. The van der Waals surface area contributed by atoms with Gasteiger partial charge >= 0.3 is 0 Å². The zero-order valence-corrected chi connectivity index (χ0v) is 7.57. The van der Waals surface area contributed by atoms with Crippen molar-refractivity contribution in [2.75, 3.05) is 11.9 Å². The molecule has 1 rings (SSSR count). The van der Waals surface area contributed by atoms with Gasteiger partial charge in [-0.3, -0.25) is 0 Å². The molecule has 0 saturated carbocycles. The number of halogens is 1. The van der Waals surface area contributed by atoms with Crippen molar-refractivity contribution in [1.82, 2.24) is 0 Å². The second kappa shape index (κ2) is 2.59. The fraction of sp³-hybridized carbons (Fsp3) is 1.00. The number of alkyl halides is 1. The van der Waals surface area contributed by atoms with Crippen LogP contribution in [0.5, 0.6) is 0 Å². The maximum Gasteiger partial charge on any atom is 0.0630 e. The van der Waals surface area contributed by atoms with Crippen LogP contribution in [0.3, 0.4) is 0 Å². The molecule has 0 amide bonds. The van der Waals surface area contributed by atoms with E-state index in [0.29, 0.717) is 0 Å². The SMILES string of the molecule is CC1(C)CC(CBr)CO1. The molecule has 0 bridgehead atoms. The van der Waals surface area contributed by atoms with Crippen LogP contribution in [0.25, 0.3) is 0 Å². The van der Waals surface area contributed by atoms with Crippen LogP contribution in [0, 0.1) is 5.92 Å². The van der Waals surface area contributed by atoms with E-state index in [-0.39, 0.29) is 5.60 Å². The average Bonchev–Trinajstić information content (AvgIpc) is 2.10. The number of ether oxygens (including phenoxy) is 1. The lowest BCUT2D eigenvalue weighted by Crippen LogP contribution is -2.16. The summed E-state index contributed by atoms with van der Waals surface area (Å²) in [5.41, 5.74) is 0.137. The molecule has 54 valence electrons. The summed E-state index contributed by atoms with van der Waals surface area (Å²) in [5, 5.41) is 1.08. The van der Waals surface area contributed by atoms with Crippen LogP contribution in [-0.2, 0) is 4.74 Å². The predicted octanol–water partition coefficient (Wildman–Crippen LogP) is 2.20. The van der Waals surface area contributed by atoms with Gasteiger partial charge in [-0.05, 0) is 26.2 Å². The van der Waals surface area contributed by atoms with E-state index in [1.165, 1.54) is 6.42 Å². The Hall–Kier alpha value is 0.440. The highest BCUT2D eigenvalue weighted by atomic mass is 79.9. The Morgan fingerprint density at radius 3 is 2.56 bits per heavy atom. The Morgan fingerprint density at radius 2 is 2.33 bits per heavy atom. The largest absolute Gasteiger partial charge is 0.375 e. The van der Waals surface area contributed by atoms with Crippen molar-refractivity contribution in [3.63, 3.8) is 0 Å². The van der Waals surface area contributed by atoms with Gasteiger partial charge < -0.3 is 4.74 Å². The lowest BCUT2D eigenvalue weighted by atomic mass is 10.00. The summed E-state index contributed by atoms with van der Waals surface area (Å²) < 4.78 is 5.51. The molecule has 0 aromatic carbocycles. The first kappa shape index (κ1) is 7.55. The quantitative estimate of drug-likeness (QED) is 0.580. The topological polar surface area (TPSA) is 9.23 Å². The normalized spacial score (nSPS) is 33.0. The number of hydrogen-bond acceptors (Lipinski definition) is 1. The summed E-state index contributed by atoms with van der Waals surface area (Å²) in [4.78, 5) is 0. The maximum atomic E-state index is 5.51. The van der Waals surface area contributed by atoms with E-state index in [0.717, 1.165) is 17.9 Å². The second-order valence-corrected chi connectivity index (χ2v) is 3.94. The van der Waals surface area contributed by atoms with E-state index >= 15 is 0 Å². The average molecular weight is 193 g/mol. The van der Waals surface area contributed by atoms with Crippen molar-refractivity contribution in [2.24, 2.45) is 5.92 Å². The summed E-state index contributed by atoms with van der Waals surface area (Å²) in [7, 11) is 0. The highest BCUT2D eigenvalue weighted by molar-refractivity contribution is 9.09. The minimum Gasteiger partial charge on any atom is -0.375 e. The van der Waals surface area contributed by atoms with Gasteiger partial charge in [-0.15, -0.1) is 0 Å². The lowest BCUT2D eigenvalue weighted by molar-refractivity contribution is 0.0354. The monoisotopic (exact) mass is 192 g/mol. The van der Waals surface area contributed by atoms with Crippen LogP contribution in [0.4, 0.5) is 0 Å². The molecule has 0 aliphatic carbocycles. The van der Waals surface area contributed by atoms with E-state index in [4.69, 9.17) is 4.74 Å². The second-order valence-electron chi connectivity index (χ2n) is 3.30. The summed E-state index contributed by atoms with van der Waals surface area (Å²) in [6, 6.07) is 0. The van der Waals surface area contributed by atoms with Crippen molar-refractivity contribution in [2.45, 2.75) is 25.9 Å². The van der Waals surface area contributed by atoms with Crippen molar-refractivity contribution >= 4 is 15.9 Å². The molecule has 9 heavy (non-hydrogen) atoms. The Kier molecular flexibility index (Phi) is 2.17. The van der Waals surface area contributed by atoms with Gasteiger partial charge in [0.2, 0.25) is 0 Å². The van der Waals surface area contributed by atoms with Gasteiger partial charge in [0.05, 0.1) is 12.2 Å². The fourth-order valence-electron chi connectivity index (χ4n) is 1.26. The molecule has 1 unspecified atom stereocenters. The third kappa shape index (κ3) is 1.94. The Labute approximate surface area is 64.9 Å². The molecule has 1 aliphatic heterocycles. The molecular weight excluding hydrogens is 180 g/mol. The number of rotatable bonds is 1. The first-order chi connectivity index (χ1) is 4.14. The molecule has 0 spiro atoms. The molecular formula is C7H13BrO. The van der Waals surface area contributed by atoms with Gasteiger partial charge in [-0.1, -0.05) is 15.9 Å². The third-order valence-electron chi connectivity index (χ3n) is 1.71. The Morgan fingerprint density at radius 1 is 1.67 bits per heavy atom. The molecule has 1 saturated heterocycles. The van der Waals surface area contributed by atoms with Crippen LogP contribution in [0.15, 0.2) is 0 Å². The Bertz CT molecular complexity index is 101. The van der Waals surface area contributed by atoms with Crippen molar-refractivity contribution in [1.29, 1.82) is 0 Å². The van der Waals surface area contributed by atoms with Crippen molar-refractivity contribution < 1.29 is 4.74 Å². The molecule has 0 N–H and O–H groups in total. The zero-order chi connectivity index (χ0) is 6.91.